The van der Waals surface area contributed by atoms with Gasteiger partial charge in [0, 0.05) is 20.9 Å². The van der Waals surface area contributed by atoms with E-state index in [0.29, 0.717) is 28.9 Å². The maximum Gasteiger partial charge on any atom is 0.238 e. The number of thioether (sulfide) groups is 1. The molecular weight excluding hydrogens is 398 g/mol. The summed E-state index contributed by atoms with van der Waals surface area (Å²) in [6.07, 6.45) is 1.66. The zero-order valence-corrected chi connectivity index (χ0v) is 13.5. The molecule has 1 fully saturated rings. The average Bonchev–Trinajstić information content (AvgIpc) is 2.97. The molecule has 0 saturated carbocycles. The highest BCUT2D eigenvalue weighted by molar-refractivity contribution is 9.11. The van der Waals surface area contributed by atoms with E-state index < -0.39 is 0 Å². The molecule has 1 atom stereocenters. The molecule has 3 heterocycles. The van der Waals surface area contributed by atoms with Gasteiger partial charge in [-0.1, -0.05) is 5.16 Å². The second kappa shape index (κ2) is 5.34. The average molecular weight is 405 g/mol. The Kier molecular flexibility index (Phi) is 3.72. The van der Waals surface area contributed by atoms with E-state index in [9.17, 15) is 4.79 Å². The molecule has 98 valence electrons. The minimum absolute atomic E-state index is 0.142. The predicted molar refractivity (Wildman–Crippen MR) is 78.0 cm³/mol. The van der Waals surface area contributed by atoms with E-state index in [1.807, 2.05) is 6.07 Å². The molecule has 0 aliphatic carbocycles. The molecule has 2 aromatic heterocycles. The largest absolute Gasteiger partial charge is 0.338 e. The predicted octanol–water partition coefficient (Wildman–Crippen LogP) is 3.06. The molecule has 0 bridgehead atoms. The molecule has 0 N–H and O–H groups in total. The number of hydrogen-bond donors (Lipinski definition) is 0. The van der Waals surface area contributed by atoms with E-state index in [2.05, 4.69) is 47.0 Å². The van der Waals surface area contributed by atoms with Gasteiger partial charge in [-0.25, -0.2) is 0 Å². The van der Waals surface area contributed by atoms with Crippen molar-refractivity contribution in [3.05, 3.63) is 27.1 Å². The van der Waals surface area contributed by atoms with Crippen LogP contribution in [0.1, 0.15) is 11.8 Å². The van der Waals surface area contributed by atoms with Crippen molar-refractivity contribution in [3.63, 3.8) is 0 Å². The van der Waals surface area contributed by atoms with Crippen LogP contribution in [0.3, 0.4) is 0 Å². The van der Waals surface area contributed by atoms with E-state index in [-0.39, 0.29) is 11.7 Å². The Balaban J connectivity index is 1.94. The number of nitrogens with zero attached hydrogens (tertiary/aromatic N) is 3. The van der Waals surface area contributed by atoms with Crippen LogP contribution in [-0.4, -0.2) is 32.4 Å². The van der Waals surface area contributed by atoms with Crippen LogP contribution < -0.4 is 0 Å². The summed E-state index contributed by atoms with van der Waals surface area (Å²) in [5.74, 6) is 1.85. The van der Waals surface area contributed by atoms with Crippen LogP contribution in [0.25, 0.3) is 11.5 Å². The highest BCUT2D eigenvalue weighted by Gasteiger charge is 2.32. The van der Waals surface area contributed by atoms with E-state index in [4.69, 9.17) is 4.52 Å². The molecule has 0 spiro atoms. The quantitative estimate of drug-likeness (QED) is 0.766. The van der Waals surface area contributed by atoms with Crippen LogP contribution in [-0.2, 0) is 4.79 Å². The monoisotopic (exact) mass is 403 g/mol. The van der Waals surface area contributed by atoms with Gasteiger partial charge < -0.3 is 4.52 Å². The van der Waals surface area contributed by atoms with Crippen molar-refractivity contribution >= 4 is 49.4 Å². The van der Waals surface area contributed by atoms with Crippen molar-refractivity contribution in [2.75, 3.05) is 11.5 Å². The van der Waals surface area contributed by atoms with Crippen molar-refractivity contribution in [1.29, 1.82) is 0 Å². The molecule has 1 aliphatic rings. The van der Waals surface area contributed by atoms with Gasteiger partial charge in [0.15, 0.2) is 5.78 Å². The number of pyridine rings is 1. The number of halogens is 2. The second-order valence-corrected chi connectivity index (χ2v) is 6.77. The van der Waals surface area contributed by atoms with Crippen molar-refractivity contribution < 1.29 is 9.32 Å². The first-order valence-corrected chi connectivity index (χ1v) is 8.14. The summed E-state index contributed by atoms with van der Waals surface area (Å²) in [4.78, 5) is 20.2. The fraction of sp³-hybridized carbons (Fsp3) is 0.273. The smallest absolute Gasteiger partial charge is 0.238 e. The number of carbonyl (C=O) groups excluding carboxylic acids is 1. The first-order chi connectivity index (χ1) is 9.15. The van der Waals surface area contributed by atoms with Crippen LogP contribution >= 0.6 is 43.6 Å². The lowest BCUT2D eigenvalue weighted by Crippen LogP contribution is -2.09. The molecule has 5 nitrogen and oxygen atoms in total. The Morgan fingerprint density at radius 3 is 2.95 bits per heavy atom. The van der Waals surface area contributed by atoms with E-state index in [1.54, 1.807) is 18.0 Å². The Labute approximate surface area is 129 Å². The minimum atomic E-state index is -0.277. The van der Waals surface area contributed by atoms with Crippen molar-refractivity contribution in [2.45, 2.75) is 5.92 Å². The third kappa shape index (κ3) is 2.61. The van der Waals surface area contributed by atoms with Crippen LogP contribution in [0, 0.1) is 0 Å². The maximum atomic E-state index is 11.7. The summed E-state index contributed by atoms with van der Waals surface area (Å²) in [5.41, 5.74) is 0.594. The fourth-order valence-electron chi connectivity index (χ4n) is 1.73. The fourth-order valence-corrected chi connectivity index (χ4v) is 3.98. The molecular formula is C11H7Br2N3O2S. The molecule has 1 saturated heterocycles. The second-order valence-electron chi connectivity index (χ2n) is 3.97. The van der Waals surface area contributed by atoms with Gasteiger partial charge in [-0.05, 0) is 37.9 Å². The highest BCUT2D eigenvalue weighted by atomic mass is 79.9. The van der Waals surface area contributed by atoms with Crippen LogP contribution in [0.15, 0.2) is 25.7 Å². The highest BCUT2D eigenvalue weighted by Crippen LogP contribution is 2.31. The zero-order valence-electron chi connectivity index (χ0n) is 9.47. The van der Waals surface area contributed by atoms with E-state index in [1.165, 1.54) is 0 Å². The van der Waals surface area contributed by atoms with Gasteiger partial charge in [0.1, 0.15) is 11.6 Å². The van der Waals surface area contributed by atoms with Gasteiger partial charge >= 0.3 is 0 Å². The third-order valence-corrected chi connectivity index (χ3v) is 4.77. The topological polar surface area (TPSA) is 68.9 Å². The molecule has 0 aromatic carbocycles. The maximum absolute atomic E-state index is 11.7. The number of ketones is 1. The number of Topliss-reactive ketones (excluding diaryl/α,β-unsaturated/α-hetero) is 1. The van der Waals surface area contributed by atoms with Gasteiger partial charge in [-0.3, -0.25) is 9.78 Å². The van der Waals surface area contributed by atoms with E-state index >= 15 is 0 Å². The Bertz CT molecular complexity index is 647. The minimum Gasteiger partial charge on any atom is -0.338 e. The summed E-state index contributed by atoms with van der Waals surface area (Å²) >= 11 is 8.32. The molecule has 0 amide bonds. The van der Waals surface area contributed by atoms with Crippen molar-refractivity contribution in [3.8, 4) is 11.5 Å². The first-order valence-electron chi connectivity index (χ1n) is 5.40. The van der Waals surface area contributed by atoms with E-state index in [0.717, 1.165) is 8.95 Å². The van der Waals surface area contributed by atoms with Gasteiger partial charge in [-0.15, -0.1) is 0 Å². The standard InChI is InChI=1S/C11H7Br2N3O2S/c12-5-1-7(13)9(14-2-5)10-15-11(18-16-10)6-3-19-4-8(6)17/h1-2,6H,3-4H2. The molecule has 1 aliphatic heterocycles. The number of carbonyl (C=O) groups is 1. The molecule has 3 rings (SSSR count). The first kappa shape index (κ1) is 13.3. The van der Waals surface area contributed by atoms with Gasteiger partial charge in [0.05, 0.1) is 5.75 Å². The SMILES string of the molecule is O=C1CSCC1c1nc(-c2ncc(Br)cc2Br)no1. The summed E-state index contributed by atoms with van der Waals surface area (Å²) in [5, 5.41) is 3.90. The lowest BCUT2D eigenvalue weighted by Gasteiger charge is -1.99. The summed E-state index contributed by atoms with van der Waals surface area (Å²) < 4.78 is 6.81. The van der Waals surface area contributed by atoms with Gasteiger partial charge in [0.25, 0.3) is 0 Å². The number of rotatable bonds is 2. The van der Waals surface area contributed by atoms with Crippen molar-refractivity contribution in [1.82, 2.24) is 15.1 Å². The molecule has 2 aromatic rings. The number of aromatic nitrogens is 3. The lowest BCUT2D eigenvalue weighted by molar-refractivity contribution is -0.117. The third-order valence-electron chi connectivity index (χ3n) is 2.68. The summed E-state index contributed by atoms with van der Waals surface area (Å²) in [6, 6.07) is 1.86. The molecule has 0 radical (unpaired) electrons. The lowest BCUT2D eigenvalue weighted by atomic mass is 10.1. The van der Waals surface area contributed by atoms with Gasteiger partial charge in [0.2, 0.25) is 11.7 Å². The van der Waals surface area contributed by atoms with Crippen molar-refractivity contribution in [2.24, 2.45) is 0 Å². The molecule has 19 heavy (non-hydrogen) atoms. The van der Waals surface area contributed by atoms with Crippen LogP contribution in [0.2, 0.25) is 0 Å². The summed E-state index contributed by atoms with van der Waals surface area (Å²) in [7, 11) is 0. The van der Waals surface area contributed by atoms with Gasteiger partial charge in [-0.2, -0.15) is 16.7 Å². The normalized spacial score (nSPS) is 19.1. The Hall–Kier alpha value is -0.730. The Morgan fingerprint density at radius 1 is 1.42 bits per heavy atom. The number of hydrogen-bond acceptors (Lipinski definition) is 6. The Morgan fingerprint density at radius 2 is 2.26 bits per heavy atom. The molecule has 1 unspecified atom stereocenters. The van der Waals surface area contributed by atoms with Crippen LogP contribution in [0.5, 0.6) is 0 Å². The van der Waals surface area contributed by atoms with Crippen LogP contribution in [0.4, 0.5) is 0 Å². The molecule has 8 heteroatoms. The zero-order chi connectivity index (χ0) is 13.4. The summed E-state index contributed by atoms with van der Waals surface area (Å²) in [6.45, 7) is 0.